The first-order valence-electron chi connectivity index (χ1n) is 6.62. The van der Waals surface area contributed by atoms with Crippen LogP contribution in [0.3, 0.4) is 0 Å². The van der Waals surface area contributed by atoms with Gasteiger partial charge in [-0.25, -0.2) is 4.79 Å². The number of carbonyl (C=O) groups excluding carboxylic acids is 1. The standard InChI is InChI=1S/C15H17N3O3/c1-4-18-13(8-10(3)17-18)14(19)16-12-6-5-11(15(20)21)7-9(12)2/h5-8H,4H2,1-3H3,(H,16,19)(H,20,21). The van der Waals surface area contributed by atoms with E-state index in [9.17, 15) is 9.59 Å². The third kappa shape index (κ3) is 3.10. The lowest BCUT2D eigenvalue weighted by Gasteiger charge is -2.10. The van der Waals surface area contributed by atoms with Crippen LogP contribution < -0.4 is 5.32 Å². The maximum atomic E-state index is 12.3. The number of carbonyl (C=O) groups is 2. The fourth-order valence-corrected chi connectivity index (χ4v) is 2.09. The van der Waals surface area contributed by atoms with E-state index in [4.69, 9.17) is 5.11 Å². The molecule has 1 aromatic heterocycles. The third-order valence-electron chi connectivity index (χ3n) is 3.16. The zero-order valence-electron chi connectivity index (χ0n) is 12.2. The van der Waals surface area contributed by atoms with Crippen molar-refractivity contribution in [2.45, 2.75) is 27.3 Å². The summed E-state index contributed by atoms with van der Waals surface area (Å²) in [4.78, 5) is 23.2. The van der Waals surface area contributed by atoms with Crippen molar-refractivity contribution in [2.24, 2.45) is 0 Å². The molecule has 110 valence electrons. The third-order valence-corrected chi connectivity index (χ3v) is 3.16. The molecule has 6 heteroatoms. The number of aryl methyl sites for hydroxylation is 3. The summed E-state index contributed by atoms with van der Waals surface area (Å²) in [6.45, 7) is 6.10. The topological polar surface area (TPSA) is 84.2 Å². The highest BCUT2D eigenvalue weighted by atomic mass is 16.4. The van der Waals surface area contributed by atoms with E-state index in [2.05, 4.69) is 10.4 Å². The Morgan fingerprint density at radius 2 is 2.00 bits per heavy atom. The molecule has 0 bridgehead atoms. The van der Waals surface area contributed by atoms with Crippen LogP contribution in [0.2, 0.25) is 0 Å². The van der Waals surface area contributed by atoms with Gasteiger partial charge in [-0.15, -0.1) is 0 Å². The number of carboxylic acid groups (broad SMARTS) is 1. The summed E-state index contributed by atoms with van der Waals surface area (Å²) in [6.07, 6.45) is 0. The summed E-state index contributed by atoms with van der Waals surface area (Å²) >= 11 is 0. The molecule has 2 rings (SSSR count). The molecule has 2 aromatic rings. The van der Waals surface area contributed by atoms with E-state index in [-0.39, 0.29) is 11.5 Å². The van der Waals surface area contributed by atoms with Crippen molar-refractivity contribution in [3.05, 3.63) is 46.8 Å². The predicted octanol–water partition coefficient (Wildman–Crippen LogP) is 2.47. The van der Waals surface area contributed by atoms with Crippen LogP contribution >= 0.6 is 0 Å². The number of carboxylic acids is 1. The molecule has 0 saturated heterocycles. The van der Waals surface area contributed by atoms with Crippen LogP contribution in [0.15, 0.2) is 24.3 Å². The Kier molecular flexibility index (Phi) is 4.07. The van der Waals surface area contributed by atoms with Gasteiger partial charge in [0.25, 0.3) is 5.91 Å². The van der Waals surface area contributed by atoms with Crippen molar-refractivity contribution in [3.63, 3.8) is 0 Å². The second-order valence-electron chi connectivity index (χ2n) is 4.78. The fraction of sp³-hybridized carbons (Fsp3) is 0.267. The molecule has 0 atom stereocenters. The SMILES string of the molecule is CCn1nc(C)cc1C(=O)Nc1ccc(C(=O)O)cc1C. The summed E-state index contributed by atoms with van der Waals surface area (Å²) in [5.41, 5.74) is 2.74. The van der Waals surface area contributed by atoms with Gasteiger partial charge in [-0.3, -0.25) is 9.48 Å². The van der Waals surface area contributed by atoms with E-state index < -0.39 is 5.97 Å². The zero-order chi connectivity index (χ0) is 15.6. The number of nitrogens with one attached hydrogen (secondary N) is 1. The molecule has 1 amide bonds. The van der Waals surface area contributed by atoms with Crippen molar-refractivity contribution >= 4 is 17.6 Å². The minimum atomic E-state index is -0.990. The number of hydrogen-bond donors (Lipinski definition) is 2. The van der Waals surface area contributed by atoms with Crippen molar-refractivity contribution in [1.29, 1.82) is 0 Å². The van der Waals surface area contributed by atoms with Crippen LogP contribution in [0.4, 0.5) is 5.69 Å². The Hall–Kier alpha value is -2.63. The normalized spacial score (nSPS) is 10.4. The largest absolute Gasteiger partial charge is 0.478 e. The average Bonchev–Trinajstić information content (AvgIpc) is 2.82. The molecular formula is C15H17N3O3. The Morgan fingerprint density at radius 1 is 1.29 bits per heavy atom. The van der Waals surface area contributed by atoms with Crippen molar-refractivity contribution in [1.82, 2.24) is 9.78 Å². The highest BCUT2D eigenvalue weighted by molar-refractivity contribution is 6.03. The summed E-state index contributed by atoms with van der Waals surface area (Å²) in [5, 5.41) is 15.9. The van der Waals surface area contributed by atoms with Crippen LogP contribution in [0, 0.1) is 13.8 Å². The van der Waals surface area contributed by atoms with Crippen LogP contribution in [-0.2, 0) is 6.54 Å². The minimum Gasteiger partial charge on any atom is -0.478 e. The molecule has 0 aliphatic carbocycles. The molecule has 1 heterocycles. The number of anilines is 1. The number of nitrogens with zero attached hydrogens (tertiary/aromatic N) is 2. The van der Waals surface area contributed by atoms with Gasteiger partial charge in [-0.1, -0.05) is 0 Å². The number of aromatic nitrogens is 2. The fourth-order valence-electron chi connectivity index (χ4n) is 2.09. The van der Waals surface area contributed by atoms with Crippen LogP contribution in [0.25, 0.3) is 0 Å². The Bertz CT molecular complexity index is 704. The molecule has 0 fully saturated rings. The van der Waals surface area contributed by atoms with E-state index in [1.165, 1.54) is 12.1 Å². The number of amides is 1. The van der Waals surface area contributed by atoms with E-state index in [0.29, 0.717) is 23.5 Å². The Labute approximate surface area is 122 Å². The molecule has 21 heavy (non-hydrogen) atoms. The second-order valence-corrected chi connectivity index (χ2v) is 4.78. The molecule has 1 aromatic carbocycles. The summed E-state index contributed by atoms with van der Waals surface area (Å²) in [5.74, 6) is -1.25. The van der Waals surface area contributed by atoms with Gasteiger partial charge in [-0.2, -0.15) is 5.10 Å². The highest BCUT2D eigenvalue weighted by Gasteiger charge is 2.14. The minimum absolute atomic E-state index is 0.194. The first kappa shape index (κ1) is 14.8. The zero-order valence-corrected chi connectivity index (χ0v) is 12.2. The number of hydrogen-bond acceptors (Lipinski definition) is 3. The maximum absolute atomic E-state index is 12.3. The van der Waals surface area contributed by atoms with Crippen LogP contribution in [0.1, 0.15) is 39.0 Å². The number of rotatable bonds is 4. The Balaban J connectivity index is 2.25. The van der Waals surface area contributed by atoms with E-state index >= 15 is 0 Å². The number of aromatic carboxylic acids is 1. The van der Waals surface area contributed by atoms with Gasteiger partial charge in [-0.05, 0) is 50.6 Å². The van der Waals surface area contributed by atoms with Gasteiger partial charge in [0, 0.05) is 12.2 Å². The van der Waals surface area contributed by atoms with Gasteiger partial charge in [0.2, 0.25) is 0 Å². The van der Waals surface area contributed by atoms with E-state index in [0.717, 1.165) is 5.69 Å². The second kappa shape index (κ2) is 5.78. The lowest BCUT2D eigenvalue weighted by Crippen LogP contribution is -2.18. The molecule has 0 aliphatic rings. The highest BCUT2D eigenvalue weighted by Crippen LogP contribution is 2.18. The van der Waals surface area contributed by atoms with Gasteiger partial charge < -0.3 is 10.4 Å². The smallest absolute Gasteiger partial charge is 0.335 e. The lowest BCUT2D eigenvalue weighted by molar-refractivity contribution is 0.0696. The van der Waals surface area contributed by atoms with Crippen LogP contribution in [0.5, 0.6) is 0 Å². The van der Waals surface area contributed by atoms with Crippen molar-refractivity contribution in [2.75, 3.05) is 5.32 Å². The van der Waals surface area contributed by atoms with Crippen molar-refractivity contribution < 1.29 is 14.7 Å². The van der Waals surface area contributed by atoms with Crippen LogP contribution in [-0.4, -0.2) is 26.8 Å². The first-order chi connectivity index (χ1) is 9.92. The molecule has 2 N–H and O–H groups in total. The van der Waals surface area contributed by atoms with Gasteiger partial charge in [0.15, 0.2) is 0 Å². The molecule has 0 radical (unpaired) electrons. The maximum Gasteiger partial charge on any atom is 0.335 e. The summed E-state index contributed by atoms with van der Waals surface area (Å²) < 4.78 is 1.63. The first-order valence-corrected chi connectivity index (χ1v) is 6.62. The predicted molar refractivity (Wildman–Crippen MR) is 78.7 cm³/mol. The average molecular weight is 287 g/mol. The van der Waals surface area contributed by atoms with E-state index in [1.807, 2.05) is 13.8 Å². The van der Waals surface area contributed by atoms with Gasteiger partial charge in [0.05, 0.1) is 11.3 Å². The molecule has 0 aliphatic heterocycles. The van der Waals surface area contributed by atoms with Gasteiger partial charge in [0.1, 0.15) is 5.69 Å². The summed E-state index contributed by atoms with van der Waals surface area (Å²) in [7, 11) is 0. The van der Waals surface area contributed by atoms with E-state index in [1.54, 1.807) is 23.7 Å². The number of benzene rings is 1. The van der Waals surface area contributed by atoms with Gasteiger partial charge >= 0.3 is 5.97 Å². The monoisotopic (exact) mass is 287 g/mol. The molecular weight excluding hydrogens is 270 g/mol. The molecule has 0 unspecified atom stereocenters. The van der Waals surface area contributed by atoms with Crippen molar-refractivity contribution in [3.8, 4) is 0 Å². The quantitative estimate of drug-likeness (QED) is 0.904. The molecule has 6 nitrogen and oxygen atoms in total. The molecule has 0 saturated carbocycles. The lowest BCUT2D eigenvalue weighted by atomic mass is 10.1. The molecule has 0 spiro atoms. The summed E-state index contributed by atoms with van der Waals surface area (Å²) in [6, 6.07) is 6.31. The Morgan fingerprint density at radius 3 is 2.57 bits per heavy atom.